The van der Waals surface area contributed by atoms with Gasteiger partial charge < -0.3 is 18.9 Å². The van der Waals surface area contributed by atoms with Crippen molar-refractivity contribution in [3.05, 3.63) is 76.4 Å². The summed E-state index contributed by atoms with van der Waals surface area (Å²) in [4.78, 5) is 30.2. The SMILES string of the molecule is Cc1nocc1C(=O)N1CCN2C(=O)c3cccn3CC12c1ccc(Cl)cc1. The summed E-state index contributed by atoms with van der Waals surface area (Å²) in [5, 5.41) is 4.44. The Morgan fingerprint density at radius 1 is 1.21 bits per heavy atom. The lowest BCUT2D eigenvalue weighted by atomic mass is 9.93. The van der Waals surface area contributed by atoms with Gasteiger partial charge in [-0.1, -0.05) is 28.9 Å². The Labute approximate surface area is 166 Å². The number of nitrogens with zero attached hydrogens (tertiary/aromatic N) is 4. The highest BCUT2D eigenvalue weighted by molar-refractivity contribution is 6.30. The third-order valence-electron chi connectivity index (χ3n) is 5.66. The molecule has 2 amide bonds. The monoisotopic (exact) mass is 396 g/mol. The number of carbonyl (C=O) groups is 2. The summed E-state index contributed by atoms with van der Waals surface area (Å²) >= 11 is 6.10. The van der Waals surface area contributed by atoms with Crippen LogP contribution >= 0.6 is 11.6 Å². The van der Waals surface area contributed by atoms with Gasteiger partial charge in [-0.3, -0.25) is 9.59 Å². The maximum Gasteiger partial charge on any atom is 0.272 e. The van der Waals surface area contributed by atoms with Crippen LogP contribution < -0.4 is 0 Å². The maximum absolute atomic E-state index is 13.4. The standard InChI is InChI=1S/C20H17ClN4O3/c1-13-16(11-28-22-13)18(26)24-9-10-25-19(27)17-3-2-8-23(17)12-20(24,25)14-4-6-15(21)7-5-14/h2-8,11H,9-10,12H2,1H3. The predicted octanol–water partition coefficient (Wildman–Crippen LogP) is 2.90. The Hall–Kier alpha value is -3.06. The third kappa shape index (κ3) is 2.19. The van der Waals surface area contributed by atoms with Gasteiger partial charge in [0.05, 0.1) is 12.2 Å². The molecule has 0 radical (unpaired) electrons. The van der Waals surface area contributed by atoms with Crippen molar-refractivity contribution in [2.24, 2.45) is 0 Å². The van der Waals surface area contributed by atoms with E-state index in [-0.39, 0.29) is 11.8 Å². The van der Waals surface area contributed by atoms with Gasteiger partial charge in [-0.05, 0) is 31.2 Å². The smallest absolute Gasteiger partial charge is 0.272 e. The van der Waals surface area contributed by atoms with E-state index in [1.807, 2.05) is 35.0 Å². The first kappa shape index (κ1) is 17.1. The average Bonchev–Trinajstić information content (AvgIpc) is 3.40. The van der Waals surface area contributed by atoms with Crippen molar-refractivity contribution in [1.29, 1.82) is 0 Å². The molecule has 1 atom stereocenters. The summed E-state index contributed by atoms with van der Waals surface area (Å²) in [6.45, 7) is 3.04. The number of aromatic nitrogens is 2. The minimum absolute atomic E-state index is 0.0939. The van der Waals surface area contributed by atoms with Gasteiger partial charge in [0, 0.05) is 29.9 Å². The Morgan fingerprint density at radius 3 is 2.71 bits per heavy atom. The minimum Gasteiger partial charge on any atom is -0.364 e. The van der Waals surface area contributed by atoms with Crippen LogP contribution in [0.15, 0.2) is 53.4 Å². The summed E-state index contributed by atoms with van der Waals surface area (Å²) in [5.74, 6) is -0.303. The zero-order valence-corrected chi connectivity index (χ0v) is 15.9. The number of halogens is 1. The molecule has 1 fully saturated rings. The quantitative estimate of drug-likeness (QED) is 0.667. The van der Waals surface area contributed by atoms with Gasteiger partial charge in [0.15, 0.2) is 5.66 Å². The van der Waals surface area contributed by atoms with Crippen LogP contribution in [0.5, 0.6) is 0 Å². The maximum atomic E-state index is 13.4. The molecule has 0 spiro atoms. The molecule has 0 N–H and O–H groups in total. The van der Waals surface area contributed by atoms with Crippen molar-refractivity contribution in [1.82, 2.24) is 19.5 Å². The van der Waals surface area contributed by atoms with Gasteiger partial charge in [0.1, 0.15) is 17.5 Å². The number of rotatable bonds is 2. The zero-order chi connectivity index (χ0) is 19.5. The van der Waals surface area contributed by atoms with Gasteiger partial charge >= 0.3 is 0 Å². The summed E-state index contributed by atoms with van der Waals surface area (Å²) in [6.07, 6.45) is 3.23. The fourth-order valence-corrected chi connectivity index (χ4v) is 4.44. The van der Waals surface area contributed by atoms with Gasteiger partial charge in [0.25, 0.3) is 11.8 Å². The number of hydrogen-bond donors (Lipinski definition) is 0. The first-order valence-electron chi connectivity index (χ1n) is 8.98. The van der Waals surface area contributed by atoms with Gasteiger partial charge in [-0.15, -0.1) is 0 Å². The molecular formula is C20H17ClN4O3. The van der Waals surface area contributed by atoms with Gasteiger partial charge in [-0.25, -0.2) is 0 Å². The van der Waals surface area contributed by atoms with E-state index >= 15 is 0 Å². The molecule has 2 aromatic heterocycles. The molecule has 4 heterocycles. The Kier molecular flexibility index (Phi) is 3.64. The molecule has 0 aliphatic carbocycles. The Balaban J connectivity index is 1.70. The van der Waals surface area contributed by atoms with E-state index in [1.165, 1.54) is 6.26 Å². The summed E-state index contributed by atoms with van der Waals surface area (Å²) < 4.78 is 6.88. The van der Waals surface area contributed by atoms with Gasteiger partial charge in [0.2, 0.25) is 0 Å². The lowest BCUT2D eigenvalue weighted by molar-refractivity contribution is -0.00596. The molecular weight excluding hydrogens is 380 g/mol. The first-order chi connectivity index (χ1) is 13.5. The zero-order valence-electron chi connectivity index (χ0n) is 15.1. The average molecular weight is 397 g/mol. The van der Waals surface area contributed by atoms with Crippen molar-refractivity contribution in [3.8, 4) is 0 Å². The van der Waals surface area contributed by atoms with E-state index in [1.54, 1.807) is 28.9 Å². The van der Waals surface area contributed by atoms with Crippen molar-refractivity contribution in [2.45, 2.75) is 19.1 Å². The number of benzene rings is 1. The molecule has 2 aliphatic rings. The molecule has 7 nitrogen and oxygen atoms in total. The molecule has 28 heavy (non-hydrogen) atoms. The predicted molar refractivity (Wildman–Crippen MR) is 101 cm³/mol. The van der Waals surface area contributed by atoms with E-state index in [2.05, 4.69) is 5.16 Å². The highest BCUT2D eigenvalue weighted by Gasteiger charge is 2.56. The molecule has 8 heteroatoms. The van der Waals surface area contributed by atoms with E-state index in [4.69, 9.17) is 16.1 Å². The van der Waals surface area contributed by atoms with Crippen molar-refractivity contribution in [2.75, 3.05) is 13.1 Å². The number of aryl methyl sites for hydroxylation is 1. The van der Waals surface area contributed by atoms with E-state index in [0.717, 1.165) is 5.56 Å². The lowest BCUT2D eigenvalue weighted by Gasteiger charge is -2.47. The van der Waals surface area contributed by atoms with Crippen molar-refractivity contribution >= 4 is 23.4 Å². The first-order valence-corrected chi connectivity index (χ1v) is 9.36. The minimum atomic E-state index is -0.936. The topological polar surface area (TPSA) is 71.6 Å². The molecule has 5 rings (SSSR count). The molecule has 1 saturated heterocycles. The van der Waals surface area contributed by atoms with E-state index in [0.29, 0.717) is 41.6 Å². The Morgan fingerprint density at radius 2 is 2.00 bits per heavy atom. The second-order valence-corrected chi connectivity index (χ2v) is 7.51. The number of hydrogen-bond acceptors (Lipinski definition) is 4. The summed E-state index contributed by atoms with van der Waals surface area (Å²) in [7, 11) is 0. The lowest BCUT2D eigenvalue weighted by Crippen LogP contribution is -2.60. The van der Waals surface area contributed by atoms with Crippen LogP contribution in [-0.4, -0.2) is 44.4 Å². The second-order valence-electron chi connectivity index (χ2n) is 7.07. The van der Waals surface area contributed by atoms with Crippen molar-refractivity contribution in [3.63, 3.8) is 0 Å². The molecule has 0 saturated carbocycles. The van der Waals surface area contributed by atoms with Crippen LogP contribution in [0.25, 0.3) is 0 Å². The highest BCUT2D eigenvalue weighted by atomic mass is 35.5. The normalized spacial score (nSPS) is 21.0. The fraction of sp³-hybridized carbons (Fsp3) is 0.250. The van der Waals surface area contributed by atoms with Crippen LogP contribution in [0, 0.1) is 6.92 Å². The molecule has 1 unspecified atom stereocenters. The molecule has 2 aliphatic heterocycles. The van der Waals surface area contributed by atoms with Crippen LogP contribution in [0.4, 0.5) is 0 Å². The van der Waals surface area contributed by atoms with E-state index < -0.39 is 5.66 Å². The number of carbonyl (C=O) groups excluding carboxylic acids is 2. The third-order valence-corrected chi connectivity index (χ3v) is 5.91. The summed E-state index contributed by atoms with van der Waals surface area (Å²) in [5.41, 5.74) is 1.46. The number of fused-ring (bicyclic) bond motifs is 2. The highest BCUT2D eigenvalue weighted by Crippen LogP contribution is 2.43. The largest absolute Gasteiger partial charge is 0.364 e. The Bertz CT molecular complexity index is 1090. The van der Waals surface area contributed by atoms with E-state index in [9.17, 15) is 9.59 Å². The molecule has 142 valence electrons. The van der Waals surface area contributed by atoms with Crippen LogP contribution in [-0.2, 0) is 12.2 Å². The molecule has 1 aromatic carbocycles. The fourth-order valence-electron chi connectivity index (χ4n) is 4.31. The van der Waals surface area contributed by atoms with Crippen molar-refractivity contribution < 1.29 is 14.1 Å². The second kappa shape index (κ2) is 5.97. The van der Waals surface area contributed by atoms with Crippen LogP contribution in [0.2, 0.25) is 5.02 Å². The van der Waals surface area contributed by atoms with Gasteiger partial charge in [-0.2, -0.15) is 0 Å². The molecule has 3 aromatic rings. The molecule has 0 bridgehead atoms. The van der Waals surface area contributed by atoms with Crippen LogP contribution in [0.1, 0.15) is 32.1 Å². The summed E-state index contributed by atoms with van der Waals surface area (Å²) in [6, 6.07) is 11.0. The number of amides is 2. The van der Waals surface area contributed by atoms with Crippen LogP contribution in [0.3, 0.4) is 0 Å².